The molecule has 8 heteroatoms. The molecule has 2 aromatic rings. The predicted molar refractivity (Wildman–Crippen MR) is 177 cm³/mol. The number of hydrogen-bond donors (Lipinski definition) is 0. The minimum absolute atomic E-state index is 0.0291. The lowest BCUT2D eigenvalue weighted by atomic mass is 10.1. The van der Waals surface area contributed by atoms with Crippen molar-refractivity contribution in [2.75, 3.05) is 47.6 Å². The fourth-order valence-electron chi connectivity index (χ4n) is 5.24. The summed E-state index contributed by atoms with van der Waals surface area (Å²) in [7, 11) is 4.91. The number of carbonyl (C=O) groups is 2. The van der Waals surface area contributed by atoms with Crippen molar-refractivity contribution in [3.63, 3.8) is 0 Å². The summed E-state index contributed by atoms with van der Waals surface area (Å²) in [5.74, 6) is 1.39. The lowest BCUT2D eigenvalue weighted by Crippen LogP contribution is -2.43. The lowest BCUT2D eigenvalue weighted by molar-refractivity contribution is -0.141. The highest BCUT2D eigenvalue weighted by Gasteiger charge is 2.22. The first kappa shape index (κ1) is 36.6. The van der Waals surface area contributed by atoms with Gasteiger partial charge in [-0.1, -0.05) is 83.3 Å². The van der Waals surface area contributed by atoms with E-state index in [1.165, 1.54) is 57.8 Å². The zero-order valence-electron chi connectivity index (χ0n) is 27.2. The van der Waals surface area contributed by atoms with Crippen LogP contribution in [0.4, 0.5) is 0 Å². The number of unbranched alkanes of at least 4 members (excludes halogenated alkanes) is 10. The van der Waals surface area contributed by atoms with E-state index in [1.54, 1.807) is 37.6 Å². The Hall–Kier alpha value is -2.58. The van der Waals surface area contributed by atoms with Crippen LogP contribution in [-0.4, -0.2) is 69.2 Å². The number of rotatable bonds is 25. The van der Waals surface area contributed by atoms with E-state index in [2.05, 4.69) is 13.0 Å². The largest absolute Gasteiger partial charge is 0.493 e. The average molecular weight is 617 g/mol. The van der Waals surface area contributed by atoms with Crippen molar-refractivity contribution in [1.29, 1.82) is 0 Å². The molecule has 0 spiro atoms. The Labute approximate surface area is 264 Å². The molecule has 7 nitrogen and oxygen atoms in total. The van der Waals surface area contributed by atoms with Gasteiger partial charge in [-0.15, -0.1) is 11.3 Å². The number of methoxy groups -OCH3 is 3. The Kier molecular flexibility index (Phi) is 19.5. The molecular formula is C35H56N2O5S. The Balaban J connectivity index is 1.91. The number of carbonyl (C=O) groups excluding carboxylic acids is 2. The van der Waals surface area contributed by atoms with Crippen LogP contribution in [0, 0.1) is 0 Å². The van der Waals surface area contributed by atoms with Crippen molar-refractivity contribution in [3.8, 4) is 11.5 Å². The molecule has 0 aliphatic rings. The number of ether oxygens (including phenoxy) is 3. The molecule has 0 fully saturated rings. The Bertz CT molecular complexity index is 1010. The van der Waals surface area contributed by atoms with Gasteiger partial charge in [0.2, 0.25) is 11.8 Å². The van der Waals surface area contributed by atoms with Crippen LogP contribution in [0.3, 0.4) is 0 Å². The summed E-state index contributed by atoms with van der Waals surface area (Å²) >= 11 is 1.64. The molecule has 1 heterocycles. The minimum atomic E-state index is -0.0291. The summed E-state index contributed by atoms with van der Waals surface area (Å²) in [5, 5.41) is 2.03. The Morgan fingerprint density at radius 1 is 0.744 bits per heavy atom. The molecule has 0 aliphatic heterocycles. The molecule has 1 aromatic heterocycles. The summed E-state index contributed by atoms with van der Waals surface area (Å²) < 4.78 is 16.1. The molecule has 0 atom stereocenters. The molecule has 0 N–H and O–H groups in total. The van der Waals surface area contributed by atoms with E-state index in [0.29, 0.717) is 57.0 Å². The molecule has 0 unspecified atom stereocenters. The third kappa shape index (κ3) is 15.1. The molecule has 0 bridgehead atoms. The zero-order chi connectivity index (χ0) is 31.1. The molecular weight excluding hydrogens is 560 g/mol. The number of thiophene rings is 1. The van der Waals surface area contributed by atoms with Crippen LogP contribution in [0.15, 0.2) is 35.7 Å². The summed E-state index contributed by atoms with van der Waals surface area (Å²) in [4.78, 5) is 31.7. The van der Waals surface area contributed by atoms with Crippen molar-refractivity contribution in [2.45, 2.75) is 103 Å². The first-order valence-electron chi connectivity index (χ1n) is 16.3. The highest BCUT2D eigenvalue weighted by molar-refractivity contribution is 7.09. The van der Waals surface area contributed by atoms with Crippen molar-refractivity contribution in [1.82, 2.24) is 9.80 Å². The monoisotopic (exact) mass is 616 g/mol. The first-order chi connectivity index (χ1) is 21.0. The van der Waals surface area contributed by atoms with Gasteiger partial charge in [-0.3, -0.25) is 9.59 Å². The Morgan fingerprint density at radius 2 is 1.42 bits per heavy atom. The van der Waals surface area contributed by atoms with Gasteiger partial charge in [0.25, 0.3) is 0 Å². The summed E-state index contributed by atoms with van der Waals surface area (Å²) in [6.07, 6.45) is 15.6. The molecule has 0 saturated carbocycles. The van der Waals surface area contributed by atoms with Crippen LogP contribution in [0.25, 0.3) is 0 Å². The Morgan fingerprint density at radius 3 is 2.02 bits per heavy atom. The number of hydrogen-bond acceptors (Lipinski definition) is 6. The summed E-state index contributed by atoms with van der Waals surface area (Å²) in [6, 6.07) is 9.91. The lowest BCUT2D eigenvalue weighted by Gasteiger charge is -2.28. The number of nitrogens with zero attached hydrogens (tertiary/aromatic N) is 2. The molecule has 0 saturated heterocycles. The smallest absolute Gasteiger partial charge is 0.242 e. The van der Waals surface area contributed by atoms with Gasteiger partial charge in [-0.2, -0.15) is 0 Å². The van der Waals surface area contributed by atoms with E-state index >= 15 is 0 Å². The predicted octanol–water partition coefficient (Wildman–Crippen LogP) is 7.90. The van der Waals surface area contributed by atoms with E-state index in [1.807, 2.05) is 34.5 Å². The van der Waals surface area contributed by atoms with Crippen LogP contribution >= 0.6 is 11.3 Å². The molecule has 2 rings (SSSR count). The van der Waals surface area contributed by atoms with Crippen molar-refractivity contribution >= 4 is 23.2 Å². The van der Waals surface area contributed by atoms with Gasteiger partial charge < -0.3 is 24.0 Å². The fourth-order valence-corrected chi connectivity index (χ4v) is 5.96. The SMILES string of the molecule is CCCCCCCCCCCCCC(=O)N(CCCOC)CC(=O)N(CCc1ccc(OC)c(OC)c1)Cc1cccs1. The maximum absolute atomic E-state index is 13.7. The minimum Gasteiger partial charge on any atom is -0.493 e. The highest BCUT2D eigenvalue weighted by Crippen LogP contribution is 2.28. The van der Waals surface area contributed by atoms with Gasteiger partial charge in [0, 0.05) is 38.1 Å². The van der Waals surface area contributed by atoms with Gasteiger partial charge in [-0.05, 0) is 48.4 Å². The third-order valence-electron chi connectivity index (χ3n) is 7.85. The second-order valence-corrected chi connectivity index (χ2v) is 12.3. The highest BCUT2D eigenvalue weighted by atomic mass is 32.1. The van der Waals surface area contributed by atoms with Gasteiger partial charge in [0.15, 0.2) is 11.5 Å². The van der Waals surface area contributed by atoms with Gasteiger partial charge in [-0.25, -0.2) is 0 Å². The van der Waals surface area contributed by atoms with Gasteiger partial charge in [0.1, 0.15) is 0 Å². The second kappa shape index (κ2) is 22.9. The number of benzene rings is 1. The van der Waals surface area contributed by atoms with E-state index in [-0.39, 0.29) is 18.4 Å². The normalized spacial score (nSPS) is 11.0. The average Bonchev–Trinajstić information content (AvgIpc) is 3.54. The zero-order valence-corrected chi connectivity index (χ0v) is 28.1. The van der Waals surface area contributed by atoms with Crippen LogP contribution in [-0.2, 0) is 27.3 Å². The van der Waals surface area contributed by atoms with Crippen LogP contribution < -0.4 is 9.47 Å². The van der Waals surface area contributed by atoms with Crippen LogP contribution in [0.2, 0.25) is 0 Å². The van der Waals surface area contributed by atoms with Gasteiger partial charge >= 0.3 is 0 Å². The van der Waals surface area contributed by atoms with E-state index < -0.39 is 0 Å². The quantitative estimate of drug-likeness (QED) is 0.106. The first-order valence-corrected chi connectivity index (χ1v) is 17.2. The van der Waals surface area contributed by atoms with Crippen LogP contribution in [0.1, 0.15) is 101 Å². The topological polar surface area (TPSA) is 68.3 Å². The van der Waals surface area contributed by atoms with Crippen molar-refractivity contribution in [2.24, 2.45) is 0 Å². The van der Waals surface area contributed by atoms with E-state index in [0.717, 1.165) is 23.3 Å². The molecule has 1 aromatic carbocycles. The van der Waals surface area contributed by atoms with Crippen LogP contribution in [0.5, 0.6) is 11.5 Å². The summed E-state index contributed by atoms with van der Waals surface area (Å²) in [6.45, 7) is 4.52. The van der Waals surface area contributed by atoms with E-state index in [4.69, 9.17) is 14.2 Å². The molecule has 0 radical (unpaired) electrons. The van der Waals surface area contributed by atoms with Gasteiger partial charge in [0.05, 0.1) is 27.3 Å². The second-order valence-electron chi connectivity index (χ2n) is 11.3. The molecule has 242 valence electrons. The number of amides is 2. The molecule has 43 heavy (non-hydrogen) atoms. The standard InChI is InChI=1S/C35H56N2O5S/c1-5-6-7-8-9-10-11-12-13-14-15-19-34(38)36(23-17-25-40-2)29-35(39)37(28-31-18-16-26-43-31)24-22-30-20-21-32(41-3)33(27-30)42-4/h16,18,20-21,26-27H,5-15,17,19,22-25,28-29H2,1-4H3. The fraction of sp³-hybridized carbons (Fsp3) is 0.657. The maximum Gasteiger partial charge on any atom is 0.242 e. The summed E-state index contributed by atoms with van der Waals surface area (Å²) in [5.41, 5.74) is 1.06. The van der Waals surface area contributed by atoms with Crippen molar-refractivity contribution < 1.29 is 23.8 Å². The van der Waals surface area contributed by atoms with E-state index in [9.17, 15) is 9.59 Å². The molecule has 2 amide bonds. The van der Waals surface area contributed by atoms with Crippen molar-refractivity contribution in [3.05, 3.63) is 46.2 Å². The maximum atomic E-state index is 13.7. The molecule has 0 aliphatic carbocycles. The third-order valence-corrected chi connectivity index (χ3v) is 8.71.